The molecule has 0 radical (unpaired) electrons. The molecule has 0 saturated heterocycles. The Hall–Kier alpha value is -3.91. The van der Waals surface area contributed by atoms with E-state index in [9.17, 15) is 19.7 Å². The number of aryl methyl sites for hydroxylation is 1. The standard InChI is InChI=1S/C24H17NO6S/c1-15-7-9-19-17(13-23(26)31-21(19)11-15)14-30-24(27)16-8-10-22(20(12-16)25(28)29)32-18-5-3-2-4-6-18/h2-13H,14H2,1H3. The fourth-order valence-electron chi connectivity index (χ4n) is 3.17. The highest BCUT2D eigenvalue weighted by Gasteiger charge is 2.20. The number of hydrogen-bond donors (Lipinski definition) is 0. The van der Waals surface area contributed by atoms with Gasteiger partial charge in [-0.05, 0) is 42.8 Å². The predicted molar refractivity (Wildman–Crippen MR) is 120 cm³/mol. The first-order valence-corrected chi connectivity index (χ1v) is 10.4. The monoisotopic (exact) mass is 447 g/mol. The van der Waals surface area contributed by atoms with Gasteiger partial charge in [-0.3, -0.25) is 10.1 Å². The van der Waals surface area contributed by atoms with Crippen molar-refractivity contribution in [1.82, 2.24) is 0 Å². The molecule has 0 saturated carbocycles. The summed E-state index contributed by atoms with van der Waals surface area (Å²) < 4.78 is 10.6. The van der Waals surface area contributed by atoms with Crippen LogP contribution in [0.4, 0.5) is 5.69 Å². The van der Waals surface area contributed by atoms with Gasteiger partial charge >= 0.3 is 11.6 Å². The van der Waals surface area contributed by atoms with Gasteiger partial charge in [-0.2, -0.15) is 0 Å². The summed E-state index contributed by atoms with van der Waals surface area (Å²) in [6.45, 7) is 1.71. The SMILES string of the molecule is Cc1ccc2c(COC(=O)c3ccc(Sc4ccccc4)c([N+](=O)[O-])c3)cc(=O)oc2c1. The lowest BCUT2D eigenvalue weighted by Crippen LogP contribution is -2.08. The van der Waals surface area contributed by atoms with Crippen LogP contribution in [0.25, 0.3) is 11.0 Å². The summed E-state index contributed by atoms with van der Waals surface area (Å²) in [5, 5.41) is 12.2. The highest BCUT2D eigenvalue weighted by Crippen LogP contribution is 2.35. The van der Waals surface area contributed by atoms with E-state index in [2.05, 4.69) is 0 Å². The zero-order valence-electron chi connectivity index (χ0n) is 16.9. The number of fused-ring (bicyclic) bond motifs is 1. The van der Waals surface area contributed by atoms with E-state index in [1.54, 1.807) is 12.1 Å². The lowest BCUT2D eigenvalue weighted by atomic mass is 10.1. The Labute approximate surface area is 186 Å². The van der Waals surface area contributed by atoms with Gasteiger partial charge in [0.2, 0.25) is 0 Å². The Morgan fingerprint density at radius 3 is 2.59 bits per heavy atom. The Bertz CT molecular complexity index is 1380. The number of esters is 1. The minimum Gasteiger partial charge on any atom is -0.457 e. The van der Waals surface area contributed by atoms with Crippen LogP contribution in [0.3, 0.4) is 0 Å². The first-order chi connectivity index (χ1) is 15.4. The van der Waals surface area contributed by atoms with E-state index in [4.69, 9.17) is 9.15 Å². The molecule has 8 heteroatoms. The highest BCUT2D eigenvalue weighted by molar-refractivity contribution is 7.99. The van der Waals surface area contributed by atoms with Gasteiger partial charge in [0.1, 0.15) is 12.2 Å². The van der Waals surface area contributed by atoms with E-state index in [0.717, 1.165) is 10.5 Å². The Balaban J connectivity index is 1.56. The molecule has 0 unspecified atom stereocenters. The van der Waals surface area contributed by atoms with Crippen molar-refractivity contribution in [2.75, 3.05) is 0 Å². The third-order valence-electron chi connectivity index (χ3n) is 4.71. The van der Waals surface area contributed by atoms with Crippen LogP contribution in [0, 0.1) is 17.0 Å². The molecule has 0 atom stereocenters. The van der Waals surface area contributed by atoms with E-state index in [1.165, 1.54) is 36.0 Å². The third-order valence-corrected chi connectivity index (χ3v) is 5.78. The number of carbonyl (C=O) groups is 1. The second kappa shape index (κ2) is 9.07. The van der Waals surface area contributed by atoms with Crippen LogP contribution >= 0.6 is 11.8 Å². The molecule has 0 aliphatic rings. The lowest BCUT2D eigenvalue weighted by molar-refractivity contribution is -0.387. The van der Waals surface area contributed by atoms with Gasteiger partial charge in [-0.15, -0.1) is 0 Å². The average Bonchev–Trinajstić information content (AvgIpc) is 2.77. The van der Waals surface area contributed by atoms with Crippen molar-refractivity contribution in [2.45, 2.75) is 23.3 Å². The number of ether oxygens (including phenoxy) is 1. The van der Waals surface area contributed by atoms with Crippen LogP contribution in [-0.4, -0.2) is 10.9 Å². The second-order valence-corrected chi connectivity index (χ2v) is 8.14. The van der Waals surface area contributed by atoms with Gasteiger partial charge in [0.15, 0.2) is 0 Å². The van der Waals surface area contributed by atoms with E-state index >= 15 is 0 Å². The van der Waals surface area contributed by atoms with Crippen LogP contribution in [-0.2, 0) is 11.3 Å². The maximum absolute atomic E-state index is 12.6. The van der Waals surface area contributed by atoms with Gasteiger partial charge in [-0.1, -0.05) is 42.1 Å². The zero-order chi connectivity index (χ0) is 22.7. The summed E-state index contributed by atoms with van der Waals surface area (Å²) in [6, 6.07) is 20.1. The number of carbonyl (C=O) groups excluding carboxylic acids is 1. The molecule has 4 rings (SSSR count). The summed E-state index contributed by atoms with van der Waals surface area (Å²) >= 11 is 1.24. The minimum absolute atomic E-state index is 0.0530. The van der Waals surface area contributed by atoms with Gasteiger partial charge in [0.05, 0.1) is 15.4 Å². The number of nitro benzene ring substituents is 1. The zero-order valence-corrected chi connectivity index (χ0v) is 17.8. The summed E-state index contributed by atoms with van der Waals surface area (Å²) in [7, 11) is 0. The number of nitro groups is 1. The van der Waals surface area contributed by atoms with E-state index in [1.807, 2.05) is 43.3 Å². The molecule has 1 heterocycles. The molecule has 1 aromatic heterocycles. The van der Waals surface area contributed by atoms with Crippen LogP contribution < -0.4 is 5.63 Å². The summed E-state index contributed by atoms with van der Waals surface area (Å²) in [4.78, 5) is 36.7. The topological polar surface area (TPSA) is 99.6 Å². The molecule has 4 aromatic rings. The molecule has 0 fully saturated rings. The molecule has 0 aliphatic heterocycles. The fraction of sp³-hybridized carbons (Fsp3) is 0.0833. The van der Waals surface area contributed by atoms with Crippen molar-refractivity contribution in [3.63, 3.8) is 0 Å². The Kier molecular flexibility index (Phi) is 6.04. The minimum atomic E-state index is -0.724. The first kappa shape index (κ1) is 21.3. The summed E-state index contributed by atoms with van der Waals surface area (Å²) in [5.41, 5.74) is 1.14. The molecule has 160 valence electrons. The smallest absolute Gasteiger partial charge is 0.338 e. The summed E-state index contributed by atoms with van der Waals surface area (Å²) in [6.07, 6.45) is 0. The van der Waals surface area contributed by atoms with Gasteiger partial charge in [0.25, 0.3) is 5.69 Å². The van der Waals surface area contributed by atoms with E-state index < -0.39 is 16.5 Å². The number of rotatable bonds is 6. The molecule has 0 N–H and O–H groups in total. The van der Waals surface area contributed by atoms with Crippen LogP contribution in [0.2, 0.25) is 0 Å². The molecular weight excluding hydrogens is 430 g/mol. The maximum Gasteiger partial charge on any atom is 0.338 e. The van der Waals surface area contributed by atoms with Crippen molar-refractivity contribution in [1.29, 1.82) is 0 Å². The highest BCUT2D eigenvalue weighted by atomic mass is 32.2. The molecule has 0 bridgehead atoms. The predicted octanol–water partition coefficient (Wildman–Crippen LogP) is 5.52. The number of hydrogen-bond acceptors (Lipinski definition) is 7. The average molecular weight is 447 g/mol. The molecule has 7 nitrogen and oxygen atoms in total. The Morgan fingerprint density at radius 1 is 1.06 bits per heavy atom. The Morgan fingerprint density at radius 2 is 1.84 bits per heavy atom. The molecule has 32 heavy (non-hydrogen) atoms. The maximum atomic E-state index is 12.6. The molecule has 0 spiro atoms. The van der Waals surface area contributed by atoms with Crippen molar-refractivity contribution in [3.05, 3.63) is 110 Å². The van der Waals surface area contributed by atoms with Crippen LogP contribution in [0.5, 0.6) is 0 Å². The van der Waals surface area contributed by atoms with Gasteiger partial charge in [0, 0.05) is 28.0 Å². The van der Waals surface area contributed by atoms with Crippen molar-refractivity contribution < 1.29 is 18.9 Å². The van der Waals surface area contributed by atoms with E-state index in [-0.39, 0.29) is 17.9 Å². The van der Waals surface area contributed by atoms with Crippen molar-refractivity contribution in [3.8, 4) is 0 Å². The largest absolute Gasteiger partial charge is 0.457 e. The van der Waals surface area contributed by atoms with Gasteiger partial charge in [-0.25, -0.2) is 9.59 Å². The number of nitrogens with zero attached hydrogens (tertiary/aromatic N) is 1. The lowest BCUT2D eigenvalue weighted by Gasteiger charge is -2.09. The first-order valence-electron chi connectivity index (χ1n) is 9.62. The fourth-order valence-corrected chi connectivity index (χ4v) is 4.09. The van der Waals surface area contributed by atoms with Crippen LogP contribution in [0.15, 0.2) is 91.8 Å². The quantitative estimate of drug-likeness (QED) is 0.166. The van der Waals surface area contributed by atoms with Crippen molar-refractivity contribution >= 4 is 34.4 Å². The van der Waals surface area contributed by atoms with Crippen molar-refractivity contribution in [2.24, 2.45) is 0 Å². The van der Waals surface area contributed by atoms with E-state index in [0.29, 0.717) is 21.4 Å². The molecule has 3 aromatic carbocycles. The third kappa shape index (κ3) is 4.70. The normalized spacial score (nSPS) is 10.8. The van der Waals surface area contributed by atoms with Crippen LogP contribution in [0.1, 0.15) is 21.5 Å². The second-order valence-electron chi connectivity index (χ2n) is 7.02. The summed E-state index contributed by atoms with van der Waals surface area (Å²) in [5.74, 6) is -0.724. The molecule has 0 aliphatic carbocycles. The molecule has 0 amide bonds. The molecular formula is C24H17NO6S. The number of benzene rings is 3. The van der Waals surface area contributed by atoms with Gasteiger partial charge < -0.3 is 9.15 Å².